The monoisotopic (exact) mass is 465 g/mol. The summed E-state index contributed by atoms with van der Waals surface area (Å²) in [6.45, 7) is 4.34. The fourth-order valence-corrected chi connectivity index (χ4v) is 2.82. The molecule has 0 aliphatic carbocycles. The molecular formula is C16H21FIN3O4. The van der Waals surface area contributed by atoms with Gasteiger partial charge >= 0.3 is 6.09 Å². The van der Waals surface area contributed by atoms with Crippen molar-refractivity contribution in [2.75, 3.05) is 49.2 Å². The van der Waals surface area contributed by atoms with Crippen molar-refractivity contribution in [3.8, 4) is 0 Å². The highest BCUT2D eigenvalue weighted by atomic mass is 127. The molecule has 2 fully saturated rings. The highest BCUT2D eigenvalue weighted by molar-refractivity contribution is 14.0. The van der Waals surface area contributed by atoms with Crippen molar-refractivity contribution >= 4 is 47.4 Å². The number of amides is 2. The molecule has 1 N–H and O–H groups in total. The third-order valence-corrected chi connectivity index (χ3v) is 4.05. The van der Waals surface area contributed by atoms with Crippen molar-refractivity contribution in [1.82, 2.24) is 5.32 Å². The predicted molar refractivity (Wildman–Crippen MR) is 101 cm³/mol. The zero-order chi connectivity index (χ0) is 17.1. The number of hydrogen-bond donors (Lipinski definition) is 1. The number of ether oxygens (including phenoxy) is 2. The molecule has 2 aliphatic heterocycles. The van der Waals surface area contributed by atoms with Crippen molar-refractivity contribution < 1.29 is 23.5 Å². The highest BCUT2D eigenvalue weighted by Gasteiger charge is 2.32. The molecule has 2 heterocycles. The summed E-state index contributed by atoms with van der Waals surface area (Å²) in [7, 11) is 0. The first-order valence-electron chi connectivity index (χ1n) is 7.89. The molecule has 7 nitrogen and oxygen atoms in total. The number of nitrogens with one attached hydrogen (secondary N) is 1. The Morgan fingerprint density at radius 2 is 2.08 bits per heavy atom. The molecule has 0 saturated carbocycles. The van der Waals surface area contributed by atoms with Gasteiger partial charge in [-0.3, -0.25) is 9.69 Å². The molecule has 0 radical (unpaired) electrons. The van der Waals surface area contributed by atoms with E-state index < -0.39 is 12.2 Å². The Labute approximate surface area is 162 Å². The minimum absolute atomic E-state index is 0. The van der Waals surface area contributed by atoms with Crippen LogP contribution < -0.4 is 15.1 Å². The van der Waals surface area contributed by atoms with Crippen molar-refractivity contribution in [3.63, 3.8) is 0 Å². The number of anilines is 2. The van der Waals surface area contributed by atoms with Crippen LogP contribution >= 0.6 is 24.0 Å². The second-order valence-electron chi connectivity index (χ2n) is 5.79. The number of nitrogens with zero attached hydrogens (tertiary/aromatic N) is 2. The van der Waals surface area contributed by atoms with E-state index in [0.717, 1.165) is 0 Å². The van der Waals surface area contributed by atoms with E-state index in [1.807, 2.05) is 4.90 Å². The lowest BCUT2D eigenvalue weighted by atomic mass is 10.2. The fourth-order valence-electron chi connectivity index (χ4n) is 2.82. The maximum absolute atomic E-state index is 14.4. The van der Waals surface area contributed by atoms with Gasteiger partial charge in [0.25, 0.3) is 0 Å². The molecule has 0 spiro atoms. The molecule has 0 unspecified atom stereocenters. The lowest BCUT2D eigenvalue weighted by molar-refractivity contribution is -0.119. The first kappa shape index (κ1) is 19.7. The normalized spacial score (nSPS) is 20.1. The summed E-state index contributed by atoms with van der Waals surface area (Å²) in [6, 6.07) is 4.72. The van der Waals surface area contributed by atoms with Crippen molar-refractivity contribution in [1.29, 1.82) is 0 Å². The van der Waals surface area contributed by atoms with Gasteiger partial charge in [0.2, 0.25) is 5.91 Å². The lowest BCUT2D eigenvalue weighted by Crippen LogP contribution is -2.36. The number of cyclic esters (lactones) is 1. The summed E-state index contributed by atoms with van der Waals surface area (Å²) in [6.07, 6.45) is -0.979. The number of halogens is 2. The number of benzene rings is 1. The van der Waals surface area contributed by atoms with Gasteiger partial charge in [0.15, 0.2) is 0 Å². The SMILES string of the molecule is CC(=O)NC[C@H]1CN(c2ccc(N3CCOCC3)c(F)c2)C(=O)O1.I. The molecule has 3 rings (SSSR count). The molecule has 0 bridgehead atoms. The van der Waals surface area contributed by atoms with E-state index in [1.54, 1.807) is 12.1 Å². The van der Waals surface area contributed by atoms with Gasteiger partial charge in [-0.1, -0.05) is 0 Å². The van der Waals surface area contributed by atoms with E-state index in [2.05, 4.69) is 5.32 Å². The van der Waals surface area contributed by atoms with E-state index in [-0.39, 0.29) is 48.8 Å². The Kier molecular flexibility index (Phi) is 6.82. The number of rotatable bonds is 4. The summed E-state index contributed by atoms with van der Waals surface area (Å²) in [5.74, 6) is -0.571. The van der Waals surface area contributed by atoms with Crippen LogP contribution in [0.2, 0.25) is 0 Å². The molecule has 2 saturated heterocycles. The van der Waals surface area contributed by atoms with Crippen LogP contribution in [0.15, 0.2) is 18.2 Å². The molecule has 1 atom stereocenters. The molecule has 0 aromatic heterocycles. The first-order valence-corrected chi connectivity index (χ1v) is 7.89. The van der Waals surface area contributed by atoms with Gasteiger partial charge in [-0.25, -0.2) is 9.18 Å². The minimum atomic E-state index is -0.538. The van der Waals surface area contributed by atoms with Crippen LogP contribution in [0.1, 0.15) is 6.92 Å². The van der Waals surface area contributed by atoms with E-state index in [4.69, 9.17) is 9.47 Å². The van der Waals surface area contributed by atoms with Crippen LogP contribution in [0.4, 0.5) is 20.6 Å². The largest absolute Gasteiger partial charge is 0.442 e. The Balaban J connectivity index is 0.00000225. The number of morpholine rings is 1. The quantitative estimate of drug-likeness (QED) is 0.687. The topological polar surface area (TPSA) is 71.1 Å². The second kappa shape index (κ2) is 8.65. The van der Waals surface area contributed by atoms with Gasteiger partial charge in [0, 0.05) is 20.0 Å². The Bertz CT molecular complexity index is 640. The van der Waals surface area contributed by atoms with Gasteiger partial charge in [0.1, 0.15) is 11.9 Å². The van der Waals surface area contributed by atoms with Gasteiger partial charge in [-0.15, -0.1) is 24.0 Å². The summed E-state index contributed by atoms with van der Waals surface area (Å²) in [4.78, 5) is 26.2. The number of hydrogen-bond acceptors (Lipinski definition) is 5. The zero-order valence-corrected chi connectivity index (χ0v) is 16.2. The third kappa shape index (κ3) is 4.72. The summed E-state index contributed by atoms with van der Waals surface area (Å²) in [5, 5.41) is 2.61. The Morgan fingerprint density at radius 1 is 1.36 bits per heavy atom. The molecule has 2 amide bonds. The van der Waals surface area contributed by atoms with E-state index >= 15 is 0 Å². The number of carbonyl (C=O) groups excluding carboxylic acids is 2. The van der Waals surface area contributed by atoms with Crippen molar-refractivity contribution in [3.05, 3.63) is 24.0 Å². The predicted octanol–water partition coefficient (Wildman–Crippen LogP) is 1.74. The molecular weight excluding hydrogens is 444 g/mol. The molecule has 25 heavy (non-hydrogen) atoms. The summed E-state index contributed by atoms with van der Waals surface area (Å²) < 4.78 is 24.9. The van der Waals surface area contributed by atoms with Gasteiger partial charge in [-0.05, 0) is 18.2 Å². The van der Waals surface area contributed by atoms with Gasteiger partial charge < -0.3 is 19.7 Å². The maximum Gasteiger partial charge on any atom is 0.414 e. The molecule has 1 aromatic carbocycles. The van der Waals surface area contributed by atoms with Crippen molar-refractivity contribution in [2.24, 2.45) is 0 Å². The summed E-state index contributed by atoms with van der Waals surface area (Å²) >= 11 is 0. The van der Waals surface area contributed by atoms with E-state index in [1.165, 1.54) is 17.9 Å². The highest BCUT2D eigenvalue weighted by Crippen LogP contribution is 2.28. The minimum Gasteiger partial charge on any atom is -0.442 e. The van der Waals surface area contributed by atoms with Crippen LogP contribution in [0.3, 0.4) is 0 Å². The smallest absolute Gasteiger partial charge is 0.414 e. The molecule has 1 aromatic rings. The maximum atomic E-state index is 14.4. The average molecular weight is 465 g/mol. The molecule has 138 valence electrons. The Hall–Kier alpha value is -1.62. The van der Waals surface area contributed by atoms with Crippen LogP contribution in [0.5, 0.6) is 0 Å². The van der Waals surface area contributed by atoms with Crippen LogP contribution in [-0.2, 0) is 14.3 Å². The second-order valence-corrected chi connectivity index (χ2v) is 5.79. The number of carbonyl (C=O) groups is 2. The van der Waals surface area contributed by atoms with Gasteiger partial charge in [-0.2, -0.15) is 0 Å². The third-order valence-electron chi connectivity index (χ3n) is 4.05. The zero-order valence-electron chi connectivity index (χ0n) is 13.9. The summed E-state index contributed by atoms with van der Waals surface area (Å²) in [5.41, 5.74) is 0.948. The van der Waals surface area contributed by atoms with Crippen LogP contribution in [0.25, 0.3) is 0 Å². The van der Waals surface area contributed by atoms with Crippen LogP contribution in [0, 0.1) is 5.82 Å². The van der Waals surface area contributed by atoms with Crippen molar-refractivity contribution in [2.45, 2.75) is 13.0 Å². The fraction of sp³-hybridized carbons (Fsp3) is 0.500. The van der Waals surface area contributed by atoms with E-state index in [9.17, 15) is 14.0 Å². The van der Waals surface area contributed by atoms with E-state index in [0.29, 0.717) is 37.7 Å². The lowest BCUT2D eigenvalue weighted by Gasteiger charge is -2.29. The van der Waals surface area contributed by atoms with Gasteiger partial charge in [0.05, 0.1) is 37.7 Å². The molecule has 9 heteroatoms. The standard InChI is InChI=1S/C16H20FN3O4.HI/c1-11(21)18-9-13-10-20(16(22)24-13)12-2-3-15(14(17)8-12)19-4-6-23-7-5-19;/h2-3,8,13H,4-7,9-10H2,1H3,(H,18,21);1H/t13-;/m0./s1. The first-order chi connectivity index (χ1) is 11.5. The Morgan fingerprint density at radius 3 is 2.72 bits per heavy atom. The molecule has 2 aliphatic rings. The average Bonchev–Trinajstić information content (AvgIpc) is 2.94. The van der Waals surface area contributed by atoms with Crippen LogP contribution in [-0.4, -0.2) is 57.5 Å².